The van der Waals surface area contributed by atoms with Crippen molar-refractivity contribution in [3.8, 4) is 0 Å². The van der Waals surface area contributed by atoms with Crippen LogP contribution in [0.3, 0.4) is 0 Å². The Morgan fingerprint density at radius 2 is 2.00 bits per heavy atom. The van der Waals surface area contributed by atoms with Gasteiger partial charge in [0, 0.05) is 5.25 Å². The van der Waals surface area contributed by atoms with E-state index in [1.807, 2.05) is 0 Å². The van der Waals surface area contributed by atoms with Crippen molar-refractivity contribution in [2.75, 3.05) is 12.3 Å². The molecular formula is C10H23NS. The van der Waals surface area contributed by atoms with E-state index < -0.39 is 0 Å². The van der Waals surface area contributed by atoms with Gasteiger partial charge in [0.15, 0.2) is 0 Å². The molecule has 0 radical (unpaired) electrons. The number of hydrogen-bond donors (Lipinski definition) is 1. The fraction of sp³-hybridized carbons (Fsp3) is 1.00. The summed E-state index contributed by atoms with van der Waals surface area (Å²) >= 11 is 2.06. The molecule has 0 aromatic rings. The summed E-state index contributed by atoms with van der Waals surface area (Å²) in [5, 5.41) is 0.804. The maximum atomic E-state index is 5.65. The van der Waals surface area contributed by atoms with Gasteiger partial charge in [-0.3, -0.25) is 0 Å². The second-order valence-corrected chi connectivity index (χ2v) is 5.75. The fourth-order valence-electron chi connectivity index (χ4n) is 0.756. The third-order valence-electron chi connectivity index (χ3n) is 2.31. The van der Waals surface area contributed by atoms with Crippen LogP contribution in [-0.2, 0) is 0 Å². The lowest BCUT2D eigenvalue weighted by atomic mass is 9.91. The lowest BCUT2D eigenvalue weighted by molar-refractivity contribution is 0.368. The first kappa shape index (κ1) is 12.3. The van der Waals surface area contributed by atoms with Crippen molar-refractivity contribution >= 4 is 11.8 Å². The first-order chi connectivity index (χ1) is 5.52. The van der Waals surface area contributed by atoms with Crippen molar-refractivity contribution in [3.63, 3.8) is 0 Å². The van der Waals surface area contributed by atoms with Crippen molar-refractivity contribution in [2.45, 2.75) is 45.8 Å². The molecule has 0 fully saturated rings. The first-order valence-corrected chi connectivity index (χ1v) is 5.88. The van der Waals surface area contributed by atoms with Gasteiger partial charge in [-0.05, 0) is 30.6 Å². The highest BCUT2D eigenvalue weighted by Gasteiger charge is 2.15. The molecule has 0 aromatic heterocycles. The minimum atomic E-state index is 0.334. The number of hydrogen-bond acceptors (Lipinski definition) is 2. The SMILES string of the molecule is CCC(C)SCCC(C)(C)CN. The van der Waals surface area contributed by atoms with E-state index in [0.717, 1.165) is 11.8 Å². The summed E-state index contributed by atoms with van der Waals surface area (Å²) in [6, 6.07) is 0. The topological polar surface area (TPSA) is 26.0 Å². The zero-order valence-electron chi connectivity index (χ0n) is 8.89. The van der Waals surface area contributed by atoms with Gasteiger partial charge in [0.1, 0.15) is 0 Å². The molecule has 0 amide bonds. The third-order valence-corrected chi connectivity index (χ3v) is 3.65. The molecular weight excluding hydrogens is 166 g/mol. The minimum Gasteiger partial charge on any atom is -0.330 e. The van der Waals surface area contributed by atoms with E-state index >= 15 is 0 Å². The molecule has 0 aliphatic rings. The molecule has 0 aliphatic carbocycles. The number of thioether (sulfide) groups is 1. The van der Waals surface area contributed by atoms with Crippen LogP contribution < -0.4 is 5.73 Å². The second-order valence-electron chi connectivity index (χ2n) is 4.21. The quantitative estimate of drug-likeness (QED) is 0.695. The lowest BCUT2D eigenvalue weighted by Crippen LogP contribution is -2.24. The van der Waals surface area contributed by atoms with Crippen LogP contribution in [0.15, 0.2) is 0 Å². The van der Waals surface area contributed by atoms with Gasteiger partial charge in [0.2, 0.25) is 0 Å². The predicted molar refractivity (Wildman–Crippen MR) is 59.7 cm³/mol. The Labute approximate surface area is 81.5 Å². The molecule has 1 atom stereocenters. The Morgan fingerprint density at radius 1 is 1.42 bits per heavy atom. The molecule has 1 unspecified atom stereocenters. The molecule has 0 saturated heterocycles. The van der Waals surface area contributed by atoms with E-state index in [0.29, 0.717) is 5.41 Å². The second kappa shape index (κ2) is 5.87. The van der Waals surface area contributed by atoms with Crippen LogP contribution in [0, 0.1) is 5.41 Å². The van der Waals surface area contributed by atoms with Crippen molar-refractivity contribution in [2.24, 2.45) is 11.1 Å². The Morgan fingerprint density at radius 3 is 2.42 bits per heavy atom. The highest BCUT2D eigenvalue weighted by molar-refractivity contribution is 7.99. The van der Waals surface area contributed by atoms with Crippen LogP contribution >= 0.6 is 11.8 Å². The summed E-state index contributed by atoms with van der Waals surface area (Å²) in [5.41, 5.74) is 5.98. The maximum Gasteiger partial charge on any atom is 0.00160 e. The van der Waals surface area contributed by atoms with E-state index in [9.17, 15) is 0 Å². The summed E-state index contributed by atoms with van der Waals surface area (Å²) in [5.74, 6) is 1.25. The van der Waals surface area contributed by atoms with Gasteiger partial charge in [-0.2, -0.15) is 11.8 Å². The van der Waals surface area contributed by atoms with E-state index in [-0.39, 0.29) is 0 Å². The standard InChI is InChI=1S/C10H23NS/c1-5-9(2)12-7-6-10(3,4)8-11/h9H,5-8,11H2,1-4H3. The Hall–Kier alpha value is 0.310. The van der Waals surface area contributed by atoms with Gasteiger partial charge in [0.05, 0.1) is 0 Å². The number of rotatable bonds is 6. The Bertz CT molecular complexity index is 112. The zero-order valence-corrected chi connectivity index (χ0v) is 9.71. The molecule has 12 heavy (non-hydrogen) atoms. The van der Waals surface area contributed by atoms with Crippen molar-refractivity contribution < 1.29 is 0 Å². The molecule has 0 aliphatic heterocycles. The fourth-order valence-corrected chi connectivity index (χ4v) is 2.06. The minimum absolute atomic E-state index is 0.334. The molecule has 0 spiro atoms. The predicted octanol–water partition coefficient (Wildman–Crippen LogP) is 2.89. The van der Waals surface area contributed by atoms with Crippen molar-refractivity contribution in [1.29, 1.82) is 0 Å². The highest BCUT2D eigenvalue weighted by atomic mass is 32.2. The lowest BCUT2D eigenvalue weighted by Gasteiger charge is -2.22. The number of nitrogens with two attached hydrogens (primary N) is 1. The van der Waals surface area contributed by atoms with Gasteiger partial charge < -0.3 is 5.73 Å². The normalized spacial score (nSPS) is 14.8. The van der Waals surface area contributed by atoms with Crippen LogP contribution in [0.5, 0.6) is 0 Å². The van der Waals surface area contributed by atoms with Gasteiger partial charge in [-0.25, -0.2) is 0 Å². The first-order valence-electron chi connectivity index (χ1n) is 4.83. The molecule has 74 valence electrons. The van der Waals surface area contributed by atoms with Crippen molar-refractivity contribution in [1.82, 2.24) is 0 Å². The molecule has 1 nitrogen and oxygen atoms in total. The van der Waals surface area contributed by atoms with Crippen LogP contribution in [0.4, 0.5) is 0 Å². The Balaban J connectivity index is 3.42. The van der Waals surface area contributed by atoms with Crippen LogP contribution in [0.2, 0.25) is 0 Å². The average molecular weight is 189 g/mol. The average Bonchev–Trinajstić information content (AvgIpc) is 2.04. The maximum absolute atomic E-state index is 5.65. The van der Waals surface area contributed by atoms with Gasteiger partial charge in [-0.1, -0.05) is 27.7 Å². The molecule has 0 bridgehead atoms. The van der Waals surface area contributed by atoms with E-state index in [2.05, 4.69) is 39.5 Å². The van der Waals surface area contributed by atoms with Gasteiger partial charge in [-0.15, -0.1) is 0 Å². The molecule has 0 aromatic carbocycles. The summed E-state index contributed by atoms with van der Waals surface area (Å²) < 4.78 is 0. The summed E-state index contributed by atoms with van der Waals surface area (Å²) in [6.45, 7) is 9.81. The molecule has 0 rings (SSSR count). The van der Waals surface area contributed by atoms with Crippen molar-refractivity contribution in [3.05, 3.63) is 0 Å². The summed E-state index contributed by atoms with van der Waals surface area (Å²) in [4.78, 5) is 0. The largest absolute Gasteiger partial charge is 0.330 e. The smallest absolute Gasteiger partial charge is 0.00160 e. The molecule has 2 N–H and O–H groups in total. The summed E-state index contributed by atoms with van der Waals surface area (Å²) in [6.07, 6.45) is 2.51. The van der Waals surface area contributed by atoms with Gasteiger partial charge >= 0.3 is 0 Å². The molecule has 2 heteroatoms. The Kier molecular flexibility index (Phi) is 6.02. The van der Waals surface area contributed by atoms with E-state index in [1.54, 1.807) is 0 Å². The monoisotopic (exact) mass is 189 g/mol. The van der Waals surface area contributed by atoms with Crippen LogP contribution in [0.1, 0.15) is 40.5 Å². The van der Waals surface area contributed by atoms with E-state index in [1.165, 1.54) is 18.6 Å². The third kappa shape index (κ3) is 5.90. The molecule has 0 saturated carbocycles. The van der Waals surface area contributed by atoms with E-state index in [4.69, 9.17) is 5.73 Å². The van der Waals surface area contributed by atoms with Gasteiger partial charge in [0.25, 0.3) is 0 Å². The zero-order chi connectivity index (χ0) is 9.61. The van der Waals surface area contributed by atoms with Crippen LogP contribution in [0.25, 0.3) is 0 Å². The summed E-state index contributed by atoms with van der Waals surface area (Å²) in [7, 11) is 0. The van der Waals surface area contributed by atoms with Crippen LogP contribution in [-0.4, -0.2) is 17.5 Å². The highest BCUT2D eigenvalue weighted by Crippen LogP contribution is 2.23. The molecule has 0 heterocycles.